The van der Waals surface area contributed by atoms with E-state index in [0.717, 1.165) is 31.2 Å². The lowest BCUT2D eigenvalue weighted by molar-refractivity contribution is -0.149. The van der Waals surface area contributed by atoms with Crippen LogP contribution in [-0.4, -0.2) is 16.7 Å². The summed E-state index contributed by atoms with van der Waals surface area (Å²) in [6.07, 6.45) is 5.18. The molecule has 1 aromatic carbocycles. The number of anilines is 1. The average Bonchev–Trinajstić information content (AvgIpc) is 3.33. The normalized spacial score (nSPS) is 21.0. The van der Waals surface area contributed by atoms with Crippen LogP contribution in [0.1, 0.15) is 63.9 Å². The molecule has 1 atom stereocenters. The maximum Gasteiger partial charge on any atom is 0.339 e. The molecule has 3 rings (SSSR count). The molecule has 130 valence electrons. The second-order valence-electron chi connectivity index (χ2n) is 7.13. The highest BCUT2D eigenvalue weighted by Gasteiger charge is 2.51. The number of esters is 1. The Kier molecular flexibility index (Phi) is 4.57. The second kappa shape index (κ2) is 6.50. The zero-order chi connectivity index (χ0) is 17.3. The van der Waals surface area contributed by atoms with Crippen LogP contribution in [0.4, 0.5) is 5.69 Å². The van der Waals surface area contributed by atoms with Gasteiger partial charge < -0.3 is 15.6 Å². The number of nitrogen functional groups attached to an aromatic ring is 1. The molecule has 0 aromatic heterocycles. The Balaban J connectivity index is 2.06. The lowest BCUT2D eigenvalue weighted by Gasteiger charge is -2.27. The number of hydrogen-bond acceptors (Lipinski definition) is 4. The molecule has 0 spiro atoms. The lowest BCUT2D eigenvalue weighted by atomic mass is 9.82. The number of aliphatic hydroxyl groups is 1. The predicted octanol–water partition coefficient (Wildman–Crippen LogP) is 4.47. The van der Waals surface area contributed by atoms with Crippen LogP contribution in [0.3, 0.4) is 0 Å². The van der Waals surface area contributed by atoms with Gasteiger partial charge in [0.05, 0.1) is 5.57 Å². The molecule has 1 saturated carbocycles. The minimum absolute atomic E-state index is 0.114. The topological polar surface area (TPSA) is 72.5 Å². The number of carbonyl (C=O) groups excluding carboxylic acids is 1. The van der Waals surface area contributed by atoms with Gasteiger partial charge in [-0.05, 0) is 49.3 Å². The Morgan fingerprint density at radius 3 is 2.50 bits per heavy atom. The highest BCUT2D eigenvalue weighted by molar-refractivity contribution is 5.94. The Hall–Kier alpha value is -1.97. The van der Waals surface area contributed by atoms with Crippen LogP contribution in [0.15, 0.2) is 35.6 Å². The van der Waals surface area contributed by atoms with Crippen molar-refractivity contribution >= 4 is 11.7 Å². The van der Waals surface area contributed by atoms with Gasteiger partial charge in [0.1, 0.15) is 5.76 Å². The van der Waals surface area contributed by atoms with E-state index in [9.17, 15) is 9.90 Å². The van der Waals surface area contributed by atoms with Crippen LogP contribution >= 0.6 is 0 Å². The van der Waals surface area contributed by atoms with Gasteiger partial charge in [-0.15, -0.1) is 0 Å². The standard InChI is InChI=1S/C20H27NO3/c1-3-10-20(11-4-2)18(22)17(19(23)24-20)16(13-8-9-13)14-6-5-7-15(21)12-14/h5-7,12-13,16,22H,3-4,8-11,21H2,1-2H3. The number of ether oxygens (including phenoxy) is 1. The molecule has 1 fully saturated rings. The van der Waals surface area contributed by atoms with E-state index in [0.29, 0.717) is 30.0 Å². The Labute approximate surface area is 143 Å². The summed E-state index contributed by atoms with van der Waals surface area (Å²) in [6, 6.07) is 7.65. The van der Waals surface area contributed by atoms with Crippen molar-refractivity contribution < 1.29 is 14.6 Å². The Morgan fingerprint density at radius 2 is 1.96 bits per heavy atom. The van der Waals surface area contributed by atoms with Crippen molar-refractivity contribution in [3.8, 4) is 0 Å². The third-order valence-electron chi connectivity index (χ3n) is 5.18. The van der Waals surface area contributed by atoms with E-state index < -0.39 is 5.60 Å². The summed E-state index contributed by atoms with van der Waals surface area (Å²) in [6.45, 7) is 4.10. The van der Waals surface area contributed by atoms with Crippen LogP contribution in [0.5, 0.6) is 0 Å². The van der Waals surface area contributed by atoms with Crippen LogP contribution < -0.4 is 5.73 Å². The third-order valence-corrected chi connectivity index (χ3v) is 5.18. The number of nitrogens with two attached hydrogens (primary N) is 1. The molecule has 1 heterocycles. The minimum Gasteiger partial charge on any atom is -0.507 e. The summed E-state index contributed by atoms with van der Waals surface area (Å²) in [4.78, 5) is 12.7. The van der Waals surface area contributed by atoms with Gasteiger partial charge in [-0.2, -0.15) is 0 Å². The molecule has 1 aromatic rings. The van der Waals surface area contributed by atoms with E-state index in [-0.39, 0.29) is 17.6 Å². The lowest BCUT2D eigenvalue weighted by Crippen LogP contribution is -2.31. The van der Waals surface area contributed by atoms with E-state index >= 15 is 0 Å². The van der Waals surface area contributed by atoms with Crippen molar-refractivity contribution in [2.45, 2.75) is 63.9 Å². The number of benzene rings is 1. The molecule has 3 N–H and O–H groups in total. The first kappa shape index (κ1) is 16.9. The average molecular weight is 329 g/mol. The van der Waals surface area contributed by atoms with E-state index in [1.54, 1.807) is 0 Å². The fourth-order valence-corrected chi connectivity index (χ4v) is 4.03. The molecule has 2 aliphatic rings. The van der Waals surface area contributed by atoms with Gasteiger partial charge in [-0.3, -0.25) is 0 Å². The van der Waals surface area contributed by atoms with Crippen molar-refractivity contribution in [1.82, 2.24) is 0 Å². The molecular formula is C20H27NO3. The summed E-state index contributed by atoms with van der Waals surface area (Å²) in [5.74, 6) is 0.0800. The Bertz CT molecular complexity index is 655. The minimum atomic E-state index is -0.830. The maximum absolute atomic E-state index is 12.7. The van der Waals surface area contributed by atoms with Crippen molar-refractivity contribution in [1.29, 1.82) is 0 Å². The molecule has 1 aliphatic carbocycles. The maximum atomic E-state index is 12.7. The van der Waals surface area contributed by atoms with Crippen LogP contribution in [-0.2, 0) is 9.53 Å². The van der Waals surface area contributed by atoms with Crippen molar-refractivity contribution in [2.75, 3.05) is 5.73 Å². The molecule has 4 heteroatoms. The number of hydrogen-bond donors (Lipinski definition) is 2. The number of carbonyl (C=O) groups is 1. The highest BCUT2D eigenvalue weighted by atomic mass is 16.6. The summed E-state index contributed by atoms with van der Waals surface area (Å²) >= 11 is 0. The quantitative estimate of drug-likeness (QED) is 0.572. The zero-order valence-electron chi connectivity index (χ0n) is 14.5. The number of cyclic esters (lactones) is 1. The molecule has 0 amide bonds. The highest BCUT2D eigenvalue weighted by Crippen LogP contribution is 2.52. The third kappa shape index (κ3) is 2.90. The SMILES string of the molecule is CCCC1(CCC)OC(=O)C(C(c2cccc(N)c2)C2CC2)=C1O. The van der Waals surface area contributed by atoms with E-state index in [2.05, 4.69) is 0 Å². The monoisotopic (exact) mass is 329 g/mol. The predicted molar refractivity (Wildman–Crippen MR) is 94.6 cm³/mol. The van der Waals surface area contributed by atoms with E-state index in [1.807, 2.05) is 38.1 Å². The summed E-state index contributed by atoms with van der Waals surface area (Å²) in [5, 5.41) is 11.0. The van der Waals surface area contributed by atoms with Crippen molar-refractivity contribution in [3.63, 3.8) is 0 Å². The van der Waals surface area contributed by atoms with E-state index in [4.69, 9.17) is 10.5 Å². The first-order chi connectivity index (χ1) is 11.5. The molecule has 1 aliphatic heterocycles. The van der Waals surface area contributed by atoms with Crippen molar-refractivity contribution in [3.05, 3.63) is 41.2 Å². The Morgan fingerprint density at radius 1 is 1.29 bits per heavy atom. The smallest absolute Gasteiger partial charge is 0.339 e. The van der Waals surface area contributed by atoms with Gasteiger partial charge in [0.15, 0.2) is 5.60 Å². The van der Waals surface area contributed by atoms with Gasteiger partial charge >= 0.3 is 5.97 Å². The van der Waals surface area contributed by atoms with Crippen molar-refractivity contribution in [2.24, 2.45) is 5.92 Å². The summed E-state index contributed by atoms with van der Waals surface area (Å²) < 4.78 is 5.77. The van der Waals surface area contributed by atoms with Crippen LogP contribution in [0.2, 0.25) is 0 Å². The summed E-state index contributed by atoms with van der Waals surface area (Å²) in [7, 11) is 0. The molecule has 4 nitrogen and oxygen atoms in total. The van der Waals surface area contributed by atoms with Gasteiger partial charge in [0.2, 0.25) is 0 Å². The number of rotatable bonds is 7. The molecular weight excluding hydrogens is 302 g/mol. The van der Waals surface area contributed by atoms with Gasteiger partial charge in [-0.1, -0.05) is 38.8 Å². The van der Waals surface area contributed by atoms with E-state index in [1.165, 1.54) is 0 Å². The zero-order valence-corrected chi connectivity index (χ0v) is 14.5. The van der Waals surface area contributed by atoms with Gasteiger partial charge in [0, 0.05) is 11.6 Å². The van der Waals surface area contributed by atoms with Crippen LogP contribution in [0.25, 0.3) is 0 Å². The molecule has 0 saturated heterocycles. The fourth-order valence-electron chi connectivity index (χ4n) is 4.03. The first-order valence-electron chi connectivity index (χ1n) is 9.04. The summed E-state index contributed by atoms with van der Waals surface area (Å²) in [5.41, 5.74) is 7.25. The molecule has 24 heavy (non-hydrogen) atoms. The van der Waals surface area contributed by atoms with Gasteiger partial charge in [-0.25, -0.2) is 4.79 Å². The molecule has 1 unspecified atom stereocenters. The fraction of sp³-hybridized carbons (Fsp3) is 0.550. The largest absolute Gasteiger partial charge is 0.507 e. The second-order valence-corrected chi connectivity index (χ2v) is 7.13. The first-order valence-corrected chi connectivity index (χ1v) is 9.04. The molecule has 0 radical (unpaired) electrons. The number of aliphatic hydroxyl groups excluding tert-OH is 1. The molecule has 0 bridgehead atoms. The van der Waals surface area contributed by atoms with Crippen LogP contribution in [0, 0.1) is 5.92 Å². The van der Waals surface area contributed by atoms with Gasteiger partial charge in [0.25, 0.3) is 0 Å².